The van der Waals surface area contributed by atoms with E-state index in [1.807, 2.05) is 36.9 Å². The molecule has 1 atom stereocenters. The van der Waals surface area contributed by atoms with Crippen LogP contribution < -0.4 is 4.31 Å². The maximum atomic E-state index is 13.2. The molecule has 6 heteroatoms. The first kappa shape index (κ1) is 22.3. The normalized spacial score (nSPS) is 16.3. The van der Waals surface area contributed by atoms with Gasteiger partial charge in [0.1, 0.15) is 6.04 Å². The Morgan fingerprint density at radius 3 is 2.27 bits per heavy atom. The van der Waals surface area contributed by atoms with Crippen molar-refractivity contribution in [2.45, 2.75) is 46.1 Å². The highest BCUT2D eigenvalue weighted by Crippen LogP contribution is 2.26. The molecule has 0 spiro atoms. The van der Waals surface area contributed by atoms with E-state index in [0.717, 1.165) is 36.6 Å². The number of aryl methyl sites for hydroxylation is 2. The van der Waals surface area contributed by atoms with Crippen molar-refractivity contribution in [1.29, 1.82) is 0 Å². The number of anilines is 1. The van der Waals surface area contributed by atoms with Gasteiger partial charge in [-0.1, -0.05) is 36.4 Å². The van der Waals surface area contributed by atoms with Crippen molar-refractivity contribution in [3.05, 3.63) is 65.2 Å². The number of nitrogens with zero attached hydrogens (tertiary/aromatic N) is 2. The molecule has 2 aromatic rings. The van der Waals surface area contributed by atoms with Crippen molar-refractivity contribution < 1.29 is 13.2 Å². The summed E-state index contributed by atoms with van der Waals surface area (Å²) < 4.78 is 26.4. The molecular formula is C24H32N2O3S. The fourth-order valence-electron chi connectivity index (χ4n) is 4.23. The monoisotopic (exact) mass is 428 g/mol. The van der Waals surface area contributed by atoms with E-state index in [9.17, 15) is 13.2 Å². The van der Waals surface area contributed by atoms with Crippen LogP contribution in [0, 0.1) is 19.8 Å². The smallest absolute Gasteiger partial charge is 0.246 e. The summed E-state index contributed by atoms with van der Waals surface area (Å²) in [5.74, 6) is 0.425. The summed E-state index contributed by atoms with van der Waals surface area (Å²) in [6.45, 7) is 6.96. The third-order valence-electron chi connectivity index (χ3n) is 6.10. The van der Waals surface area contributed by atoms with Crippen molar-refractivity contribution in [2.75, 3.05) is 23.7 Å². The van der Waals surface area contributed by atoms with Crippen molar-refractivity contribution in [1.82, 2.24) is 4.90 Å². The summed E-state index contributed by atoms with van der Waals surface area (Å²) in [5.41, 5.74) is 3.96. The second kappa shape index (κ2) is 9.21. The van der Waals surface area contributed by atoms with E-state index in [1.165, 1.54) is 9.87 Å². The number of hydrogen-bond acceptors (Lipinski definition) is 3. The van der Waals surface area contributed by atoms with Crippen molar-refractivity contribution in [2.24, 2.45) is 5.92 Å². The molecule has 0 aliphatic carbocycles. The van der Waals surface area contributed by atoms with Crippen LogP contribution >= 0.6 is 0 Å². The Morgan fingerprint density at radius 1 is 1.07 bits per heavy atom. The third kappa shape index (κ3) is 5.22. The number of carbonyl (C=O) groups is 1. The highest BCUT2D eigenvalue weighted by atomic mass is 32.2. The Hall–Kier alpha value is -2.34. The van der Waals surface area contributed by atoms with E-state index < -0.39 is 16.1 Å². The first-order valence-electron chi connectivity index (χ1n) is 10.6. The number of likely N-dealkylation sites (tertiary alicyclic amines) is 1. The van der Waals surface area contributed by atoms with Gasteiger partial charge in [-0.05, 0) is 74.8 Å². The minimum atomic E-state index is -3.60. The fraction of sp³-hybridized carbons (Fsp3) is 0.458. The van der Waals surface area contributed by atoms with Gasteiger partial charge in [-0.2, -0.15) is 0 Å². The minimum Gasteiger partial charge on any atom is -0.341 e. The molecule has 1 unspecified atom stereocenters. The summed E-state index contributed by atoms with van der Waals surface area (Å²) in [6.07, 6.45) is 4.07. The van der Waals surface area contributed by atoms with E-state index in [0.29, 0.717) is 24.7 Å². The highest BCUT2D eigenvalue weighted by Gasteiger charge is 2.33. The molecule has 0 saturated carbocycles. The average molecular weight is 429 g/mol. The quantitative estimate of drug-likeness (QED) is 0.700. The van der Waals surface area contributed by atoms with Gasteiger partial charge in [-0.15, -0.1) is 0 Å². The zero-order valence-corrected chi connectivity index (χ0v) is 19.2. The first-order chi connectivity index (χ1) is 14.2. The molecule has 0 aromatic heterocycles. The van der Waals surface area contributed by atoms with E-state index in [4.69, 9.17) is 0 Å². The molecule has 0 N–H and O–H groups in total. The van der Waals surface area contributed by atoms with Crippen LogP contribution in [-0.4, -0.2) is 44.6 Å². The van der Waals surface area contributed by atoms with Crippen LogP contribution in [0.4, 0.5) is 5.69 Å². The molecule has 1 fully saturated rings. The van der Waals surface area contributed by atoms with Crippen LogP contribution in [0.3, 0.4) is 0 Å². The van der Waals surface area contributed by atoms with E-state index in [2.05, 4.69) is 24.3 Å². The summed E-state index contributed by atoms with van der Waals surface area (Å²) >= 11 is 0. The third-order valence-corrected chi connectivity index (χ3v) is 7.35. The fourth-order valence-corrected chi connectivity index (χ4v) is 5.40. The molecule has 2 aromatic carbocycles. The summed E-state index contributed by atoms with van der Waals surface area (Å²) in [7, 11) is -3.60. The number of amides is 1. The van der Waals surface area contributed by atoms with Crippen molar-refractivity contribution in [3.8, 4) is 0 Å². The molecular weight excluding hydrogens is 396 g/mol. The number of benzene rings is 2. The summed E-state index contributed by atoms with van der Waals surface area (Å²) in [4.78, 5) is 15.0. The lowest BCUT2D eigenvalue weighted by Gasteiger charge is -2.36. The second-order valence-corrected chi connectivity index (χ2v) is 10.3. The molecule has 1 amide bonds. The molecule has 162 valence electrons. The lowest BCUT2D eigenvalue weighted by molar-refractivity contribution is -0.133. The molecule has 0 radical (unpaired) electrons. The number of sulfonamides is 1. The van der Waals surface area contributed by atoms with Gasteiger partial charge in [0.15, 0.2) is 0 Å². The molecule has 1 aliphatic rings. The van der Waals surface area contributed by atoms with E-state index in [-0.39, 0.29) is 5.91 Å². The maximum Gasteiger partial charge on any atom is 0.246 e. The predicted molar refractivity (Wildman–Crippen MR) is 122 cm³/mol. The molecule has 1 saturated heterocycles. The molecule has 5 nitrogen and oxygen atoms in total. The van der Waals surface area contributed by atoms with Gasteiger partial charge in [-0.3, -0.25) is 9.10 Å². The molecule has 0 bridgehead atoms. The van der Waals surface area contributed by atoms with Crippen LogP contribution in [0.5, 0.6) is 0 Å². The predicted octanol–water partition coefficient (Wildman–Crippen LogP) is 3.94. The van der Waals surface area contributed by atoms with Crippen LogP contribution in [0.15, 0.2) is 48.5 Å². The van der Waals surface area contributed by atoms with Gasteiger partial charge in [0.05, 0.1) is 11.9 Å². The molecule has 1 heterocycles. The molecule has 1 aliphatic heterocycles. The lowest BCUT2D eigenvalue weighted by Crippen LogP contribution is -2.51. The zero-order valence-electron chi connectivity index (χ0n) is 18.3. The SMILES string of the molecule is Cc1ccc(N(C(C)C(=O)N2CCC(Cc3ccccc3)CC2)S(C)(=O)=O)cc1C. The number of hydrogen-bond donors (Lipinski definition) is 0. The van der Waals surface area contributed by atoms with E-state index in [1.54, 1.807) is 13.0 Å². The largest absolute Gasteiger partial charge is 0.341 e. The Bertz CT molecular complexity index is 981. The minimum absolute atomic E-state index is 0.128. The van der Waals surface area contributed by atoms with Gasteiger partial charge in [0.2, 0.25) is 15.9 Å². The van der Waals surface area contributed by atoms with Crippen LogP contribution in [-0.2, 0) is 21.2 Å². The number of carbonyl (C=O) groups excluding carboxylic acids is 1. The Balaban J connectivity index is 1.69. The average Bonchev–Trinajstić information content (AvgIpc) is 2.70. The summed E-state index contributed by atoms with van der Waals surface area (Å²) in [6, 6.07) is 15.2. The maximum absolute atomic E-state index is 13.2. The van der Waals surface area contributed by atoms with Gasteiger partial charge in [-0.25, -0.2) is 8.42 Å². The molecule has 3 rings (SSSR count). The van der Waals surface area contributed by atoms with E-state index >= 15 is 0 Å². The number of rotatable bonds is 6. The van der Waals surface area contributed by atoms with Crippen molar-refractivity contribution in [3.63, 3.8) is 0 Å². The lowest BCUT2D eigenvalue weighted by atomic mass is 9.90. The molecule has 30 heavy (non-hydrogen) atoms. The Labute approximate surface area is 180 Å². The second-order valence-electron chi connectivity index (χ2n) is 8.46. The first-order valence-corrected chi connectivity index (χ1v) is 12.4. The Kier molecular flexibility index (Phi) is 6.86. The Morgan fingerprint density at radius 2 is 1.70 bits per heavy atom. The highest BCUT2D eigenvalue weighted by molar-refractivity contribution is 7.92. The standard InChI is InChI=1S/C24H32N2O3S/c1-18-10-11-23(16-19(18)2)26(30(4,28)29)20(3)24(27)25-14-12-22(13-15-25)17-21-8-6-5-7-9-21/h5-11,16,20,22H,12-15,17H2,1-4H3. The van der Waals surface area contributed by atoms with Crippen LogP contribution in [0.25, 0.3) is 0 Å². The van der Waals surface area contributed by atoms with Gasteiger partial charge in [0.25, 0.3) is 0 Å². The van der Waals surface area contributed by atoms with Crippen LogP contribution in [0.2, 0.25) is 0 Å². The van der Waals surface area contributed by atoms with Gasteiger partial charge in [0, 0.05) is 13.1 Å². The number of piperidine rings is 1. The topological polar surface area (TPSA) is 57.7 Å². The van der Waals surface area contributed by atoms with Crippen molar-refractivity contribution >= 4 is 21.6 Å². The zero-order chi connectivity index (χ0) is 21.9. The van der Waals surface area contributed by atoms with Crippen LogP contribution in [0.1, 0.15) is 36.5 Å². The summed E-state index contributed by atoms with van der Waals surface area (Å²) in [5, 5.41) is 0. The van der Waals surface area contributed by atoms with Gasteiger partial charge < -0.3 is 4.90 Å². The van der Waals surface area contributed by atoms with Gasteiger partial charge >= 0.3 is 0 Å².